The first-order valence-corrected chi connectivity index (χ1v) is 6.29. The second-order valence-corrected chi connectivity index (χ2v) is 4.70. The Morgan fingerprint density at radius 1 is 1.44 bits per heavy atom. The zero-order chi connectivity index (χ0) is 13.0. The number of nitrogens with zero attached hydrogens (tertiary/aromatic N) is 1. The van der Waals surface area contributed by atoms with Crippen molar-refractivity contribution in [1.29, 1.82) is 0 Å². The predicted molar refractivity (Wildman–Crippen MR) is 68.9 cm³/mol. The molecule has 0 aromatic heterocycles. The SMILES string of the molecule is CC1CCCC/C1=N\NC(=O)c1cccc(F)c1. The molecule has 1 N–H and O–H groups in total. The summed E-state index contributed by atoms with van der Waals surface area (Å²) in [6.07, 6.45) is 4.40. The summed E-state index contributed by atoms with van der Waals surface area (Å²) < 4.78 is 13.0. The molecule has 0 radical (unpaired) electrons. The fourth-order valence-electron chi connectivity index (χ4n) is 2.15. The van der Waals surface area contributed by atoms with Crippen LogP contribution in [-0.4, -0.2) is 11.6 Å². The molecule has 0 aliphatic heterocycles. The van der Waals surface area contributed by atoms with Gasteiger partial charge in [-0.1, -0.05) is 19.4 Å². The summed E-state index contributed by atoms with van der Waals surface area (Å²) in [5.41, 5.74) is 3.84. The van der Waals surface area contributed by atoms with Gasteiger partial charge in [-0.05, 0) is 43.4 Å². The van der Waals surface area contributed by atoms with Gasteiger partial charge in [0.15, 0.2) is 0 Å². The Hall–Kier alpha value is -1.71. The van der Waals surface area contributed by atoms with E-state index in [0.717, 1.165) is 25.0 Å². The Balaban J connectivity index is 2.01. The minimum Gasteiger partial charge on any atom is -0.267 e. The highest BCUT2D eigenvalue weighted by Gasteiger charge is 2.16. The van der Waals surface area contributed by atoms with Crippen molar-refractivity contribution in [3.63, 3.8) is 0 Å². The summed E-state index contributed by atoms with van der Waals surface area (Å²) >= 11 is 0. The van der Waals surface area contributed by atoms with Gasteiger partial charge < -0.3 is 0 Å². The number of halogens is 1. The van der Waals surface area contributed by atoms with Crippen LogP contribution in [0.25, 0.3) is 0 Å². The summed E-state index contributed by atoms with van der Waals surface area (Å²) in [5, 5.41) is 4.16. The van der Waals surface area contributed by atoms with E-state index in [1.807, 2.05) is 0 Å². The van der Waals surface area contributed by atoms with Gasteiger partial charge in [-0.3, -0.25) is 4.79 Å². The Bertz CT molecular complexity index is 471. The molecule has 3 nitrogen and oxygen atoms in total. The van der Waals surface area contributed by atoms with Gasteiger partial charge in [0.1, 0.15) is 5.82 Å². The molecule has 1 atom stereocenters. The topological polar surface area (TPSA) is 41.5 Å². The molecule has 18 heavy (non-hydrogen) atoms. The van der Waals surface area contributed by atoms with Crippen LogP contribution in [0.1, 0.15) is 43.0 Å². The zero-order valence-electron chi connectivity index (χ0n) is 10.4. The molecule has 1 aromatic rings. The number of hydrogen-bond donors (Lipinski definition) is 1. The van der Waals surface area contributed by atoms with Gasteiger partial charge >= 0.3 is 0 Å². The molecular formula is C14H17FN2O. The lowest BCUT2D eigenvalue weighted by Crippen LogP contribution is -2.24. The van der Waals surface area contributed by atoms with Crippen molar-refractivity contribution >= 4 is 11.6 Å². The van der Waals surface area contributed by atoms with E-state index >= 15 is 0 Å². The van der Waals surface area contributed by atoms with Crippen molar-refractivity contribution < 1.29 is 9.18 Å². The first-order chi connectivity index (χ1) is 8.66. The molecular weight excluding hydrogens is 231 g/mol. The molecule has 0 bridgehead atoms. The van der Waals surface area contributed by atoms with Crippen LogP contribution in [-0.2, 0) is 0 Å². The van der Waals surface area contributed by atoms with E-state index in [1.54, 1.807) is 6.07 Å². The van der Waals surface area contributed by atoms with Crippen molar-refractivity contribution in [2.75, 3.05) is 0 Å². The van der Waals surface area contributed by atoms with E-state index in [2.05, 4.69) is 17.5 Å². The maximum absolute atomic E-state index is 13.0. The summed E-state index contributed by atoms with van der Waals surface area (Å²) in [4.78, 5) is 11.8. The summed E-state index contributed by atoms with van der Waals surface area (Å²) in [6.45, 7) is 2.12. The number of rotatable bonds is 2. The Morgan fingerprint density at radius 2 is 2.28 bits per heavy atom. The second-order valence-electron chi connectivity index (χ2n) is 4.70. The molecule has 1 saturated carbocycles. The molecule has 1 aliphatic rings. The highest BCUT2D eigenvalue weighted by molar-refractivity contribution is 5.95. The fourth-order valence-corrected chi connectivity index (χ4v) is 2.15. The lowest BCUT2D eigenvalue weighted by Gasteiger charge is -2.19. The van der Waals surface area contributed by atoms with Gasteiger partial charge in [-0.25, -0.2) is 9.82 Å². The van der Waals surface area contributed by atoms with E-state index in [0.29, 0.717) is 11.5 Å². The number of hydrazone groups is 1. The average molecular weight is 248 g/mol. The smallest absolute Gasteiger partial charge is 0.267 e. The monoisotopic (exact) mass is 248 g/mol. The second kappa shape index (κ2) is 5.76. The van der Waals surface area contributed by atoms with Gasteiger partial charge in [0.05, 0.1) is 0 Å². The van der Waals surface area contributed by atoms with E-state index in [1.165, 1.54) is 24.6 Å². The molecule has 0 saturated heterocycles. The Morgan fingerprint density at radius 3 is 3.00 bits per heavy atom. The van der Waals surface area contributed by atoms with Crippen LogP contribution in [0.5, 0.6) is 0 Å². The van der Waals surface area contributed by atoms with Crippen LogP contribution in [0.2, 0.25) is 0 Å². The van der Waals surface area contributed by atoms with Crippen molar-refractivity contribution in [3.8, 4) is 0 Å². The maximum atomic E-state index is 13.0. The highest BCUT2D eigenvalue weighted by atomic mass is 19.1. The number of nitrogens with one attached hydrogen (secondary N) is 1. The van der Waals surface area contributed by atoms with Crippen LogP contribution in [0.15, 0.2) is 29.4 Å². The minimum atomic E-state index is -0.415. The van der Waals surface area contributed by atoms with Gasteiger partial charge in [-0.2, -0.15) is 5.10 Å². The summed E-state index contributed by atoms with van der Waals surface area (Å²) in [6, 6.07) is 5.61. The van der Waals surface area contributed by atoms with Gasteiger partial charge in [0.25, 0.3) is 5.91 Å². The van der Waals surface area contributed by atoms with Crippen molar-refractivity contribution in [3.05, 3.63) is 35.6 Å². The molecule has 1 unspecified atom stereocenters. The largest absolute Gasteiger partial charge is 0.271 e. The van der Waals surface area contributed by atoms with E-state index in [4.69, 9.17) is 0 Å². The van der Waals surface area contributed by atoms with Gasteiger partial charge in [0.2, 0.25) is 0 Å². The minimum absolute atomic E-state index is 0.294. The number of carbonyl (C=O) groups is 1. The van der Waals surface area contributed by atoms with E-state index in [-0.39, 0.29) is 5.91 Å². The zero-order valence-corrected chi connectivity index (χ0v) is 10.4. The third-order valence-corrected chi connectivity index (χ3v) is 3.28. The predicted octanol–water partition coefficient (Wildman–Crippen LogP) is 3.12. The molecule has 96 valence electrons. The third kappa shape index (κ3) is 3.15. The van der Waals surface area contributed by atoms with Crippen LogP contribution < -0.4 is 5.43 Å². The molecule has 1 aliphatic carbocycles. The molecule has 4 heteroatoms. The molecule has 0 spiro atoms. The molecule has 1 amide bonds. The Labute approximate surface area is 106 Å². The molecule has 2 rings (SSSR count). The molecule has 1 aromatic carbocycles. The lowest BCUT2D eigenvalue weighted by atomic mass is 9.89. The number of hydrogen-bond acceptors (Lipinski definition) is 2. The van der Waals surface area contributed by atoms with E-state index < -0.39 is 5.82 Å². The lowest BCUT2D eigenvalue weighted by molar-refractivity contribution is 0.0954. The van der Waals surface area contributed by atoms with Crippen molar-refractivity contribution in [2.24, 2.45) is 11.0 Å². The summed E-state index contributed by atoms with van der Waals surface area (Å²) in [7, 11) is 0. The quantitative estimate of drug-likeness (QED) is 0.803. The van der Waals surface area contributed by atoms with Crippen molar-refractivity contribution in [1.82, 2.24) is 5.43 Å². The van der Waals surface area contributed by atoms with Gasteiger partial charge in [0, 0.05) is 11.3 Å². The normalized spacial score (nSPS) is 21.9. The average Bonchev–Trinajstić information content (AvgIpc) is 2.37. The van der Waals surface area contributed by atoms with Gasteiger partial charge in [-0.15, -0.1) is 0 Å². The maximum Gasteiger partial charge on any atom is 0.271 e. The summed E-state index contributed by atoms with van der Waals surface area (Å²) in [5.74, 6) is -0.354. The van der Waals surface area contributed by atoms with Crippen LogP contribution in [0, 0.1) is 11.7 Å². The highest BCUT2D eigenvalue weighted by Crippen LogP contribution is 2.20. The number of benzene rings is 1. The first-order valence-electron chi connectivity index (χ1n) is 6.29. The Kier molecular flexibility index (Phi) is 4.07. The van der Waals surface area contributed by atoms with Crippen molar-refractivity contribution in [2.45, 2.75) is 32.6 Å². The number of carbonyl (C=O) groups excluding carboxylic acids is 1. The number of amides is 1. The van der Waals surface area contributed by atoms with Crippen LogP contribution in [0.4, 0.5) is 4.39 Å². The first kappa shape index (κ1) is 12.7. The molecule has 1 fully saturated rings. The van der Waals surface area contributed by atoms with Crippen LogP contribution >= 0.6 is 0 Å². The molecule has 0 heterocycles. The fraction of sp³-hybridized carbons (Fsp3) is 0.429. The third-order valence-electron chi connectivity index (χ3n) is 3.28. The van der Waals surface area contributed by atoms with E-state index in [9.17, 15) is 9.18 Å². The standard InChI is InChI=1S/C14H17FN2O/c1-10-5-2-3-8-13(10)16-17-14(18)11-6-4-7-12(15)9-11/h4,6-7,9-10H,2-3,5,8H2,1H3,(H,17,18)/b16-13+. The van der Waals surface area contributed by atoms with Crippen LogP contribution in [0.3, 0.4) is 0 Å².